The molecular formula is C15H14ClF3N2O3. The lowest BCUT2D eigenvalue weighted by atomic mass is 10.1. The van der Waals surface area contributed by atoms with Gasteiger partial charge in [-0.3, -0.25) is 0 Å². The van der Waals surface area contributed by atoms with E-state index in [9.17, 15) is 18.0 Å². The maximum Gasteiger partial charge on any atom is 0.574 e. The molecule has 2 aromatic rings. The quantitative estimate of drug-likeness (QED) is 0.640. The number of rotatable bonds is 4. The van der Waals surface area contributed by atoms with Crippen LogP contribution >= 0.6 is 11.6 Å². The summed E-state index contributed by atoms with van der Waals surface area (Å²) in [5.41, 5.74) is 0.800. The molecule has 2 rings (SSSR count). The van der Waals surface area contributed by atoms with E-state index < -0.39 is 18.2 Å². The number of methoxy groups -OCH3 is 1. The lowest BCUT2D eigenvalue weighted by molar-refractivity contribution is -0.275. The predicted molar refractivity (Wildman–Crippen MR) is 81.1 cm³/mol. The van der Waals surface area contributed by atoms with E-state index in [1.54, 1.807) is 0 Å². The fourth-order valence-corrected chi connectivity index (χ4v) is 2.21. The van der Waals surface area contributed by atoms with Crippen molar-refractivity contribution in [1.29, 1.82) is 0 Å². The number of carbonyl (C=O) groups is 1. The van der Waals surface area contributed by atoms with Gasteiger partial charge >= 0.3 is 12.3 Å². The maximum absolute atomic E-state index is 12.6. The van der Waals surface area contributed by atoms with Crippen molar-refractivity contribution in [3.63, 3.8) is 0 Å². The zero-order chi connectivity index (χ0) is 18.1. The highest BCUT2D eigenvalue weighted by molar-refractivity contribution is 6.29. The Labute approximate surface area is 140 Å². The summed E-state index contributed by atoms with van der Waals surface area (Å²) in [6.45, 7) is 3.73. The van der Waals surface area contributed by atoms with Gasteiger partial charge in [-0.05, 0) is 24.1 Å². The van der Waals surface area contributed by atoms with E-state index >= 15 is 0 Å². The number of halogens is 4. The first-order valence-electron chi connectivity index (χ1n) is 6.86. The second kappa shape index (κ2) is 6.72. The van der Waals surface area contributed by atoms with E-state index in [1.807, 2.05) is 13.8 Å². The third-order valence-electron chi connectivity index (χ3n) is 3.17. The molecule has 2 heterocycles. The van der Waals surface area contributed by atoms with Crippen molar-refractivity contribution in [1.82, 2.24) is 9.97 Å². The molecule has 0 saturated heterocycles. The summed E-state index contributed by atoms with van der Waals surface area (Å²) in [4.78, 5) is 18.4. The molecule has 0 aromatic carbocycles. The molecule has 0 saturated carbocycles. The number of hydrogen-bond donors (Lipinski definition) is 1. The van der Waals surface area contributed by atoms with Crippen molar-refractivity contribution < 1.29 is 27.4 Å². The highest BCUT2D eigenvalue weighted by atomic mass is 35.5. The summed E-state index contributed by atoms with van der Waals surface area (Å²) in [5.74, 6) is -1.44. The van der Waals surface area contributed by atoms with E-state index in [2.05, 4.69) is 19.4 Å². The van der Waals surface area contributed by atoms with Crippen molar-refractivity contribution in [2.75, 3.05) is 7.11 Å². The summed E-state index contributed by atoms with van der Waals surface area (Å²) >= 11 is 5.66. The van der Waals surface area contributed by atoms with Gasteiger partial charge in [-0.25, -0.2) is 9.78 Å². The molecule has 24 heavy (non-hydrogen) atoms. The van der Waals surface area contributed by atoms with Gasteiger partial charge in [0.25, 0.3) is 0 Å². The van der Waals surface area contributed by atoms with Gasteiger partial charge in [-0.2, -0.15) is 0 Å². The van der Waals surface area contributed by atoms with Gasteiger partial charge in [-0.15, -0.1) is 13.2 Å². The van der Waals surface area contributed by atoms with E-state index in [1.165, 1.54) is 25.3 Å². The van der Waals surface area contributed by atoms with Crippen LogP contribution in [0.25, 0.3) is 11.3 Å². The smallest absolute Gasteiger partial charge is 0.465 e. The first-order chi connectivity index (χ1) is 11.1. The van der Waals surface area contributed by atoms with Crippen LogP contribution in [-0.2, 0) is 4.74 Å². The number of nitrogens with one attached hydrogen (secondary N) is 1. The third kappa shape index (κ3) is 4.00. The van der Waals surface area contributed by atoms with Gasteiger partial charge in [0.2, 0.25) is 5.88 Å². The molecule has 5 nitrogen and oxygen atoms in total. The Morgan fingerprint density at radius 1 is 1.33 bits per heavy atom. The SMILES string of the molecule is COC(=O)c1cc(C(C)C)[nH]c1-c1ccc(Cl)nc1OC(F)(F)F. The van der Waals surface area contributed by atoms with E-state index in [4.69, 9.17) is 11.6 Å². The molecule has 1 N–H and O–H groups in total. The predicted octanol–water partition coefficient (Wildman–Crippen LogP) is 4.54. The molecular weight excluding hydrogens is 349 g/mol. The zero-order valence-corrected chi connectivity index (χ0v) is 13.7. The molecule has 0 aliphatic carbocycles. The normalized spacial score (nSPS) is 11.7. The van der Waals surface area contributed by atoms with E-state index in [0.29, 0.717) is 5.69 Å². The number of hydrogen-bond acceptors (Lipinski definition) is 4. The molecule has 0 spiro atoms. The second-order valence-electron chi connectivity index (χ2n) is 5.19. The first kappa shape index (κ1) is 18.1. The van der Waals surface area contributed by atoms with Crippen molar-refractivity contribution in [3.05, 3.63) is 34.6 Å². The topological polar surface area (TPSA) is 64.2 Å². The Morgan fingerprint density at radius 2 is 2.00 bits per heavy atom. The number of pyridine rings is 1. The molecule has 0 bridgehead atoms. The number of ether oxygens (including phenoxy) is 2. The van der Waals surface area contributed by atoms with Gasteiger partial charge in [-0.1, -0.05) is 25.4 Å². The fraction of sp³-hybridized carbons (Fsp3) is 0.333. The summed E-state index contributed by atoms with van der Waals surface area (Å²) in [6.07, 6.45) is -4.95. The molecule has 0 fully saturated rings. The third-order valence-corrected chi connectivity index (χ3v) is 3.38. The summed E-state index contributed by atoms with van der Waals surface area (Å²) in [6, 6.07) is 4.12. The molecule has 0 atom stereocenters. The number of carbonyl (C=O) groups excluding carboxylic acids is 1. The minimum atomic E-state index is -4.95. The first-order valence-corrected chi connectivity index (χ1v) is 7.24. The average molecular weight is 363 g/mol. The van der Waals surface area contributed by atoms with Gasteiger partial charge in [0.1, 0.15) is 5.15 Å². The summed E-state index contributed by atoms with van der Waals surface area (Å²) in [5, 5.41) is -0.173. The van der Waals surface area contributed by atoms with E-state index in [0.717, 1.165) is 0 Å². The van der Waals surface area contributed by atoms with Crippen LogP contribution in [0.4, 0.5) is 13.2 Å². The van der Waals surface area contributed by atoms with Crippen LogP contribution in [0.2, 0.25) is 5.15 Å². The zero-order valence-electron chi connectivity index (χ0n) is 13.0. The van der Waals surface area contributed by atoms with E-state index in [-0.39, 0.29) is 27.9 Å². The Morgan fingerprint density at radius 3 is 2.54 bits per heavy atom. The standard InChI is InChI=1S/C15H14ClF3N2O3/c1-7(2)10-6-9(14(22)23-3)12(20-10)8-4-5-11(16)21-13(8)24-15(17,18)19/h4-7,20H,1-3H3. The minimum Gasteiger partial charge on any atom is -0.465 e. The highest BCUT2D eigenvalue weighted by Gasteiger charge is 2.34. The second-order valence-corrected chi connectivity index (χ2v) is 5.58. The van der Waals surface area contributed by atoms with Crippen LogP contribution in [0.3, 0.4) is 0 Å². The van der Waals surface area contributed by atoms with Gasteiger partial charge in [0.15, 0.2) is 0 Å². The Kier molecular flexibility index (Phi) is 5.08. The molecule has 0 amide bonds. The number of H-pyrrole nitrogens is 1. The van der Waals surface area contributed by atoms with Gasteiger partial charge < -0.3 is 14.5 Å². The molecule has 0 aliphatic heterocycles. The molecule has 9 heteroatoms. The molecule has 0 aliphatic rings. The molecule has 2 aromatic heterocycles. The minimum absolute atomic E-state index is 0.00870. The van der Waals surface area contributed by atoms with Crippen LogP contribution in [-0.4, -0.2) is 29.4 Å². The highest BCUT2D eigenvalue weighted by Crippen LogP contribution is 2.36. The monoisotopic (exact) mass is 362 g/mol. The Bertz CT molecular complexity index is 757. The van der Waals surface area contributed by atoms with Crippen LogP contribution in [0.15, 0.2) is 18.2 Å². The average Bonchev–Trinajstić information content (AvgIpc) is 2.90. The van der Waals surface area contributed by atoms with Crippen LogP contribution < -0.4 is 4.74 Å². The molecule has 0 unspecified atom stereocenters. The lowest BCUT2D eigenvalue weighted by Crippen LogP contribution is -2.18. The number of nitrogens with zero attached hydrogens (tertiary/aromatic N) is 1. The number of alkyl halides is 3. The van der Waals surface area contributed by atoms with Crippen molar-refractivity contribution in [2.45, 2.75) is 26.1 Å². The summed E-state index contributed by atoms with van der Waals surface area (Å²) < 4.78 is 46.5. The number of aromatic nitrogens is 2. The van der Waals surface area contributed by atoms with Crippen molar-refractivity contribution >= 4 is 17.6 Å². The van der Waals surface area contributed by atoms with Crippen molar-refractivity contribution in [2.24, 2.45) is 0 Å². The van der Waals surface area contributed by atoms with Crippen molar-refractivity contribution in [3.8, 4) is 17.1 Å². The Hall–Kier alpha value is -2.22. The van der Waals surface area contributed by atoms with Gasteiger partial charge in [0.05, 0.1) is 23.9 Å². The maximum atomic E-state index is 12.6. The summed E-state index contributed by atoms with van der Waals surface area (Å²) in [7, 11) is 1.18. The number of esters is 1. The fourth-order valence-electron chi connectivity index (χ4n) is 2.07. The lowest BCUT2D eigenvalue weighted by Gasteiger charge is -2.12. The van der Waals surface area contributed by atoms with Crippen LogP contribution in [0.5, 0.6) is 5.88 Å². The van der Waals surface area contributed by atoms with Crippen LogP contribution in [0, 0.1) is 0 Å². The molecule has 0 radical (unpaired) electrons. The van der Waals surface area contributed by atoms with Gasteiger partial charge in [0, 0.05) is 5.69 Å². The Balaban J connectivity index is 2.65. The largest absolute Gasteiger partial charge is 0.574 e. The number of aromatic amines is 1. The molecule has 130 valence electrons. The van der Waals surface area contributed by atoms with Crippen LogP contribution in [0.1, 0.15) is 35.8 Å².